The smallest absolute Gasteiger partial charge is 0.335 e. The van der Waals surface area contributed by atoms with Crippen molar-refractivity contribution in [2.75, 3.05) is 5.32 Å². The van der Waals surface area contributed by atoms with Gasteiger partial charge in [0.1, 0.15) is 5.52 Å². The fraction of sp³-hybridized carbons (Fsp3) is 0. The average Bonchev–Trinajstić information content (AvgIpc) is 2.97. The lowest BCUT2D eigenvalue weighted by Gasteiger charge is -2.05. The summed E-state index contributed by atoms with van der Waals surface area (Å²) in [6.07, 6.45) is 0. The molecule has 0 aliphatic rings. The highest BCUT2D eigenvalue weighted by Gasteiger charge is 2.12. The molecule has 2 aromatic carbocycles. The number of nitrogens with zero attached hydrogens (tertiary/aromatic N) is 2. The van der Waals surface area contributed by atoms with Crippen LogP contribution < -0.4 is 5.32 Å². The molecule has 0 saturated heterocycles. The van der Waals surface area contributed by atoms with Gasteiger partial charge in [-0.1, -0.05) is 6.07 Å². The number of aromatic nitrogens is 2. The highest BCUT2D eigenvalue weighted by Crippen LogP contribution is 2.20. The summed E-state index contributed by atoms with van der Waals surface area (Å²) in [7, 11) is 0. The zero-order chi connectivity index (χ0) is 14.8. The number of aromatic carboxylic acids is 1. The molecule has 7 heteroatoms. The molecule has 2 N–H and O–H groups in total. The molecule has 0 radical (unpaired) electrons. The summed E-state index contributed by atoms with van der Waals surface area (Å²) in [6, 6.07) is 10.7. The van der Waals surface area contributed by atoms with Crippen LogP contribution >= 0.6 is 0 Å². The fourth-order valence-electron chi connectivity index (χ4n) is 1.87. The first kappa shape index (κ1) is 12.8. The molecule has 0 spiro atoms. The third kappa shape index (κ3) is 2.44. The molecule has 0 unspecified atom stereocenters. The predicted molar refractivity (Wildman–Crippen MR) is 73.2 cm³/mol. The van der Waals surface area contributed by atoms with E-state index in [-0.39, 0.29) is 11.5 Å². The molecule has 104 valence electrons. The number of carbonyl (C=O) groups is 2. The van der Waals surface area contributed by atoms with Crippen LogP contribution in [0.3, 0.4) is 0 Å². The predicted octanol–water partition coefficient (Wildman–Crippen LogP) is 2.17. The topological polar surface area (TPSA) is 105 Å². The molecule has 1 amide bonds. The summed E-state index contributed by atoms with van der Waals surface area (Å²) in [5.41, 5.74) is 1.92. The molecular weight excluding hydrogens is 274 g/mol. The number of amides is 1. The first-order valence-electron chi connectivity index (χ1n) is 6.01. The van der Waals surface area contributed by atoms with Crippen LogP contribution in [0, 0.1) is 0 Å². The lowest BCUT2D eigenvalue weighted by atomic mass is 10.1. The van der Waals surface area contributed by atoms with Crippen LogP contribution in [-0.4, -0.2) is 27.3 Å². The Hall–Kier alpha value is -3.22. The van der Waals surface area contributed by atoms with Gasteiger partial charge in [0.25, 0.3) is 5.91 Å². The largest absolute Gasteiger partial charge is 0.478 e. The van der Waals surface area contributed by atoms with Crippen molar-refractivity contribution in [2.45, 2.75) is 0 Å². The van der Waals surface area contributed by atoms with Crippen molar-refractivity contribution in [1.29, 1.82) is 0 Å². The molecule has 21 heavy (non-hydrogen) atoms. The van der Waals surface area contributed by atoms with Crippen molar-refractivity contribution >= 4 is 28.6 Å². The number of fused-ring (bicyclic) bond motifs is 1. The maximum absolute atomic E-state index is 12.1. The number of hydrogen-bond donors (Lipinski definition) is 2. The Morgan fingerprint density at radius 1 is 1.00 bits per heavy atom. The Morgan fingerprint density at radius 3 is 2.43 bits per heavy atom. The summed E-state index contributed by atoms with van der Waals surface area (Å²) in [6.45, 7) is 0. The molecule has 0 saturated carbocycles. The standard InChI is InChI=1S/C14H9N3O4/c18-13(8-4-6-9(7-5-8)14(19)20)15-10-2-1-3-11-12(10)17-21-16-11/h1-7H,(H,15,18)(H,19,20). The highest BCUT2D eigenvalue weighted by atomic mass is 16.6. The van der Waals surface area contributed by atoms with E-state index in [1.807, 2.05) is 0 Å². The quantitative estimate of drug-likeness (QED) is 0.763. The normalized spacial score (nSPS) is 10.5. The third-order valence-corrected chi connectivity index (χ3v) is 2.93. The number of carboxylic acid groups (broad SMARTS) is 1. The van der Waals surface area contributed by atoms with E-state index in [9.17, 15) is 9.59 Å². The number of nitrogens with one attached hydrogen (secondary N) is 1. The molecule has 7 nitrogen and oxygen atoms in total. The number of rotatable bonds is 3. The molecule has 3 rings (SSSR count). The van der Waals surface area contributed by atoms with Crippen LogP contribution in [0.25, 0.3) is 11.0 Å². The first-order valence-corrected chi connectivity index (χ1v) is 6.01. The van der Waals surface area contributed by atoms with E-state index in [0.717, 1.165) is 0 Å². The Labute approximate surface area is 118 Å². The van der Waals surface area contributed by atoms with Crippen LogP contribution in [-0.2, 0) is 0 Å². The van der Waals surface area contributed by atoms with Crippen molar-refractivity contribution in [2.24, 2.45) is 0 Å². The zero-order valence-corrected chi connectivity index (χ0v) is 10.6. The van der Waals surface area contributed by atoms with Crippen molar-refractivity contribution in [1.82, 2.24) is 10.3 Å². The monoisotopic (exact) mass is 283 g/mol. The Kier molecular flexibility index (Phi) is 3.07. The summed E-state index contributed by atoms with van der Waals surface area (Å²) in [4.78, 5) is 22.9. The van der Waals surface area contributed by atoms with Crippen LogP contribution in [0.4, 0.5) is 5.69 Å². The Balaban J connectivity index is 1.86. The second kappa shape index (κ2) is 5.04. The molecule has 0 aliphatic heterocycles. The number of benzene rings is 2. The van der Waals surface area contributed by atoms with Crippen molar-refractivity contribution in [3.63, 3.8) is 0 Å². The number of hydrogen-bond acceptors (Lipinski definition) is 5. The molecule has 1 aromatic heterocycles. The van der Waals surface area contributed by atoms with Gasteiger partial charge in [0, 0.05) is 5.56 Å². The maximum atomic E-state index is 12.1. The van der Waals surface area contributed by atoms with Crippen molar-refractivity contribution < 1.29 is 19.3 Å². The molecule has 0 fully saturated rings. The van der Waals surface area contributed by atoms with Gasteiger partial charge in [0.2, 0.25) is 0 Å². The van der Waals surface area contributed by atoms with Gasteiger partial charge in [-0.05, 0) is 46.7 Å². The second-order valence-corrected chi connectivity index (χ2v) is 4.27. The molecule has 1 heterocycles. The summed E-state index contributed by atoms with van der Waals surface area (Å²) < 4.78 is 4.62. The van der Waals surface area contributed by atoms with Gasteiger partial charge >= 0.3 is 5.97 Å². The van der Waals surface area contributed by atoms with Crippen LogP contribution in [0.15, 0.2) is 47.1 Å². The molecule has 3 aromatic rings. The number of anilines is 1. The Bertz CT molecular complexity index is 824. The van der Waals surface area contributed by atoms with Crippen LogP contribution in [0.1, 0.15) is 20.7 Å². The zero-order valence-electron chi connectivity index (χ0n) is 10.6. The summed E-state index contributed by atoms with van der Waals surface area (Å²) >= 11 is 0. The molecule has 0 atom stereocenters. The minimum Gasteiger partial charge on any atom is -0.478 e. The lowest BCUT2D eigenvalue weighted by Crippen LogP contribution is -2.12. The van der Waals surface area contributed by atoms with Gasteiger partial charge in [-0.3, -0.25) is 4.79 Å². The summed E-state index contributed by atoms with van der Waals surface area (Å²) in [5.74, 6) is -1.41. The van der Waals surface area contributed by atoms with Gasteiger partial charge in [-0.15, -0.1) is 0 Å². The SMILES string of the molecule is O=C(O)c1ccc(C(=O)Nc2cccc3nonc23)cc1. The lowest BCUT2D eigenvalue weighted by molar-refractivity contribution is 0.0696. The van der Waals surface area contributed by atoms with E-state index in [1.165, 1.54) is 24.3 Å². The molecule has 0 aliphatic carbocycles. The van der Waals surface area contributed by atoms with Crippen molar-refractivity contribution in [3.05, 3.63) is 53.6 Å². The first-order chi connectivity index (χ1) is 10.1. The highest BCUT2D eigenvalue weighted by molar-refractivity contribution is 6.08. The van der Waals surface area contributed by atoms with Gasteiger partial charge in [0.15, 0.2) is 5.52 Å². The molecular formula is C14H9N3O4. The summed E-state index contributed by atoms with van der Waals surface area (Å²) in [5, 5.41) is 18.9. The van der Waals surface area contributed by atoms with E-state index in [4.69, 9.17) is 5.11 Å². The van der Waals surface area contributed by atoms with E-state index in [1.54, 1.807) is 18.2 Å². The van der Waals surface area contributed by atoms with Gasteiger partial charge < -0.3 is 10.4 Å². The van der Waals surface area contributed by atoms with E-state index < -0.39 is 5.97 Å². The van der Waals surface area contributed by atoms with Gasteiger partial charge in [-0.25, -0.2) is 9.42 Å². The maximum Gasteiger partial charge on any atom is 0.335 e. The second-order valence-electron chi connectivity index (χ2n) is 4.27. The van der Waals surface area contributed by atoms with Crippen molar-refractivity contribution in [3.8, 4) is 0 Å². The minimum atomic E-state index is -1.04. The third-order valence-electron chi connectivity index (χ3n) is 2.93. The van der Waals surface area contributed by atoms with E-state index in [0.29, 0.717) is 22.3 Å². The average molecular weight is 283 g/mol. The van der Waals surface area contributed by atoms with Gasteiger partial charge in [0.05, 0.1) is 11.3 Å². The number of carboxylic acids is 1. The fourth-order valence-corrected chi connectivity index (χ4v) is 1.87. The molecule has 0 bridgehead atoms. The minimum absolute atomic E-state index is 0.120. The van der Waals surface area contributed by atoms with Crippen LogP contribution in [0.5, 0.6) is 0 Å². The van der Waals surface area contributed by atoms with E-state index >= 15 is 0 Å². The van der Waals surface area contributed by atoms with Crippen LogP contribution in [0.2, 0.25) is 0 Å². The number of carbonyl (C=O) groups excluding carboxylic acids is 1. The Morgan fingerprint density at radius 2 is 1.71 bits per heavy atom. The van der Waals surface area contributed by atoms with E-state index in [2.05, 4.69) is 20.3 Å². The van der Waals surface area contributed by atoms with Gasteiger partial charge in [-0.2, -0.15) is 0 Å².